The van der Waals surface area contributed by atoms with E-state index in [0.29, 0.717) is 29.7 Å². The number of carbonyl (C=O) groups excluding carboxylic acids is 1. The summed E-state index contributed by atoms with van der Waals surface area (Å²) in [6.07, 6.45) is 2.32. The molecule has 16 heteroatoms. The number of ether oxygens (including phenoxy) is 2. The van der Waals surface area contributed by atoms with Crippen LogP contribution in [0.25, 0.3) is 22.3 Å². The molecule has 3 aromatic heterocycles. The normalized spacial score (nSPS) is 12.5. The number of nitrogens with zero attached hydrogens (tertiary/aromatic N) is 6. The van der Waals surface area contributed by atoms with Gasteiger partial charge in [-0.15, -0.1) is 0 Å². The summed E-state index contributed by atoms with van der Waals surface area (Å²) in [7, 11) is 1.51. The number of anilines is 2. The van der Waals surface area contributed by atoms with Crippen molar-refractivity contribution in [3.8, 4) is 11.4 Å². The zero-order valence-corrected chi connectivity index (χ0v) is 26.7. The number of halogens is 3. The van der Waals surface area contributed by atoms with Crippen LogP contribution < -0.4 is 22.2 Å². The molecule has 2 aromatic carbocycles. The highest BCUT2D eigenvalue weighted by Crippen LogP contribution is 2.25. The molecule has 0 aliphatic rings. The Morgan fingerprint density at radius 2 is 1.90 bits per heavy atom. The van der Waals surface area contributed by atoms with Crippen LogP contribution in [-0.4, -0.2) is 54.3 Å². The monoisotopic (exact) mass is 680 g/mol. The third-order valence-electron chi connectivity index (χ3n) is 7.47. The van der Waals surface area contributed by atoms with Crippen LogP contribution in [0.2, 0.25) is 5.02 Å². The number of hydrogen-bond donors (Lipinski definition) is 2. The number of nitrogens with two attached hydrogens (primary N) is 1. The number of rotatable bonds is 13. The van der Waals surface area contributed by atoms with E-state index in [1.807, 2.05) is 0 Å². The molecule has 3 N–H and O–H groups in total. The Hall–Kier alpha value is -5.28. The minimum absolute atomic E-state index is 0.0000676. The van der Waals surface area contributed by atoms with Crippen molar-refractivity contribution in [3.05, 3.63) is 104 Å². The Kier molecular flexibility index (Phi) is 10.7. The number of alkyl halides is 1. The van der Waals surface area contributed by atoms with Gasteiger partial charge < -0.3 is 20.5 Å². The minimum Gasteiger partial charge on any atom is -0.457 e. The second-order valence-electron chi connectivity index (χ2n) is 10.9. The zero-order chi connectivity index (χ0) is 34.4. The minimum atomic E-state index is -2.36. The molecular weight excluding hydrogens is 650 g/mol. The zero-order valence-electron chi connectivity index (χ0n) is 25.9. The topological polar surface area (TPSA) is 169 Å². The molecule has 250 valence electrons. The van der Waals surface area contributed by atoms with Gasteiger partial charge in [0, 0.05) is 25.2 Å². The first kappa shape index (κ1) is 34.1. The number of hydrogen-bond acceptors (Lipinski definition) is 11. The van der Waals surface area contributed by atoms with E-state index in [9.17, 15) is 18.8 Å². The molecule has 2 atom stereocenters. The fourth-order valence-electron chi connectivity index (χ4n) is 4.80. The van der Waals surface area contributed by atoms with Gasteiger partial charge in [0.1, 0.15) is 23.3 Å². The number of carbonyl (C=O) groups is 1. The lowest BCUT2D eigenvalue weighted by Gasteiger charge is -2.22. The Labute approximate surface area is 277 Å². The first-order valence-electron chi connectivity index (χ1n) is 14.7. The molecular formula is C32H31ClF2N8O5. The Morgan fingerprint density at radius 3 is 2.65 bits per heavy atom. The van der Waals surface area contributed by atoms with Crippen LogP contribution in [0.3, 0.4) is 0 Å². The first-order chi connectivity index (χ1) is 23.0. The number of aromatic nitrogens is 6. The highest BCUT2D eigenvalue weighted by molar-refractivity contribution is 6.32. The van der Waals surface area contributed by atoms with E-state index in [1.165, 1.54) is 41.1 Å². The molecule has 1 unspecified atom stereocenters. The van der Waals surface area contributed by atoms with E-state index in [2.05, 4.69) is 25.4 Å². The molecule has 0 spiro atoms. The van der Waals surface area contributed by atoms with Gasteiger partial charge in [-0.1, -0.05) is 41.9 Å². The summed E-state index contributed by atoms with van der Waals surface area (Å²) < 4.78 is 42.5. The lowest BCUT2D eigenvalue weighted by Crippen LogP contribution is -2.33. The second kappa shape index (κ2) is 15.1. The largest absolute Gasteiger partial charge is 0.457 e. The third kappa shape index (κ3) is 7.98. The van der Waals surface area contributed by atoms with E-state index in [0.717, 1.165) is 6.07 Å². The third-order valence-corrected chi connectivity index (χ3v) is 7.76. The number of fused-ring (bicyclic) bond motifs is 1. The van der Waals surface area contributed by atoms with Gasteiger partial charge in [0.2, 0.25) is 0 Å². The molecule has 5 rings (SSSR count). The molecule has 0 saturated carbocycles. The van der Waals surface area contributed by atoms with Gasteiger partial charge in [-0.2, -0.15) is 5.10 Å². The van der Waals surface area contributed by atoms with E-state index >= 15 is 4.39 Å². The van der Waals surface area contributed by atoms with Crippen LogP contribution >= 0.6 is 11.6 Å². The van der Waals surface area contributed by atoms with Crippen molar-refractivity contribution in [1.82, 2.24) is 29.3 Å². The highest BCUT2D eigenvalue weighted by atomic mass is 35.5. The van der Waals surface area contributed by atoms with E-state index in [4.69, 9.17) is 26.8 Å². The van der Waals surface area contributed by atoms with Gasteiger partial charge in [0.15, 0.2) is 5.82 Å². The van der Waals surface area contributed by atoms with Gasteiger partial charge in [-0.05, 0) is 37.5 Å². The number of benzene rings is 2. The van der Waals surface area contributed by atoms with Crippen LogP contribution in [-0.2, 0) is 34.5 Å². The number of nitrogen functional groups attached to an aromatic ring is 1. The van der Waals surface area contributed by atoms with Crippen molar-refractivity contribution in [1.29, 1.82) is 0 Å². The molecule has 0 aliphatic carbocycles. The fraction of sp³-hybridized carbons (Fsp3) is 0.281. The van der Waals surface area contributed by atoms with Crippen molar-refractivity contribution in [3.63, 3.8) is 0 Å². The van der Waals surface area contributed by atoms with Crippen molar-refractivity contribution in [2.75, 3.05) is 17.7 Å². The van der Waals surface area contributed by atoms with Crippen LogP contribution in [0.4, 0.5) is 20.3 Å². The molecule has 13 nitrogen and oxygen atoms in total. The van der Waals surface area contributed by atoms with E-state index < -0.39 is 29.7 Å². The van der Waals surface area contributed by atoms with Crippen LogP contribution in [0, 0.1) is 12.7 Å². The maximum Gasteiger partial charge on any atom is 0.369 e. The van der Waals surface area contributed by atoms with Gasteiger partial charge in [-0.3, -0.25) is 14.2 Å². The van der Waals surface area contributed by atoms with E-state index in [1.54, 1.807) is 37.3 Å². The number of esters is 1. The Morgan fingerprint density at radius 1 is 1.12 bits per heavy atom. The fourth-order valence-corrected chi connectivity index (χ4v) is 4.90. The summed E-state index contributed by atoms with van der Waals surface area (Å²) in [5.74, 6) is -1.96. The van der Waals surface area contributed by atoms with Crippen LogP contribution in [0.5, 0.6) is 0 Å². The quantitative estimate of drug-likeness (QED) is 0.173. The van der Waals surface area contributed by atoms with Gasteiger partial charge in [0.25, 0.3) is 17.5 Å². The Bertz CT molecular complexity index is 2060. The predicted octanol–water partition coefficient (Wildman–Crippen LogP) is 3.95. The maximum atomic E-state index is 15.1. The summed E-state index contributed by atoms with van der Waals surface area (Å²) in [5.41, 5.74) is 6.60. The molecule has 0 saturated heterocycles. The van der Waals surface area contributed by atoms with E-state index in [-0.39, 0.29) is 58.4 Å². The molecule has 0 radical (unpaired) electrons. The van der Waals surface area contributed by atoms with Crippen molar-refractivity contribution in [2.45, 2.75) is 45.3 Å². The SMILES string of the molecule is Cc1c(N[C@H](CCCn2cnc3cc(-c4ncc(Cl)c(N)n4)c(F)cc3c2=O)COC(F)C(=O)OCc2ccccc2)cnn(C)c1=O. The summed E-state index contributed by atoms with van der Waals surface area (Å²) in [6.45, 7) is 1.37. The molecule has 0 fully saturated rings. The predicted molar refractivity (Wildman–Crippen MR) is 174 cm³/mol. The smallest absolute Gasteiger partial charge is 0.369 e. The van der Waals surface area contributed by atoms with Gasteiger partial charge in [-0.25, -0.2) is 33.2 Å². The van der Waals surface area contributed by atoms with Crippen LogP contribution in [0.1, 0.15) is 24.0 Å². The second-order valence-corrected chi connectivity index (χ2v) is 11.3. The van der Waals surface area contributed by atoms with Gasteiger partial charge >= 0.3 is 5.97 Å². The highest BCUT2D eigenvalue weighted by Gasteiger charge is 2.23. The van der Waals surface area contributed by atoms with Gasteiger partial charge in [0.05, 0.1) is 47.5 Å². The van der Waals surface area contributed by atoms with Crippen LogP contribution in [0.15, 0.2) is 70.8 Å². The lowest BCUT2D eigenvalue weighted by atomic mass is 10.1. The average molecular weight is 681 g/mol. The molecule has 0 amide bonds. The maximum absolute atomic E-state index is 15.1. The summed E-state index contributed by atoms with van der Waals surface area (Å²) in [6, 6.07) is 10.6. The Balaban J connectivity index is 1.28. The summed E-state index contributed by atoms with van der Waals surface area (Å²) in [4.78, 5) is 50.3. The summed E-state index contributed by atoms with van der Waals surface area (Å²) >= 11 is 5.87. The molecule has 0 bridgehead atoms. The molecule has 0 aliphatic heterocycles. The lowest BCUT2D eigenvalue weighted by molar-refractivity contribution is -0.171. The number of nitrogens with one attached hydrogen (secondary N) is 1. The summed E-state index contributed by atoms with van der Waals surface area (Å²) in [5, 5.41) is 7.32. The van der Waals surface area contributed by atoms with Crippen molar-refractivity contribution >= 4 is 40.0 Å². The average Bonchev–Trinajstić information content (AvgIpc) is 3.08. The molecule has 48 heavy (non-hydrogen) atoms. The molecule has 5 aromatic rings. The molecule has 3 heterocycles. The van der Waals surface area contributed by atoms with Crippen molar-refractivity contribution in [2.24, 2.45) is 7.05 Å². The standard InChI is InChI=1S/C32H31ClF2N8O5/c1-18-26(14-39-42(2)30(18)44)40-20(16-47-27(35)32(46)48-15-19-7-4-3-5-8-19)9-6-10-43-17-38-25-12-21(24(34)11-22(25)31(43)45)29-37-13-23(33)28(36)41-29/h3-5,7-8,11-14,17,20,27,40H,6,9-10,15-16H2,1-2H3,(H2,36,37,41)/t20-,27?/m1/s1. The number of aryl methyl sites for hydroxylation is 2. The first-order valence-corrected chi connectivity index (χ1v) is 15.1. The van der Waals surface area contributed by atoms with Crippen molar-refractivity contribution < 1.29 is 23.0 Å².